The Morgan fingerprint density at radius 3 is 2.78 bits per heavy atom. The second-order valence-corrected chi connectivity index (χ2v) is 4.92. The molecular weight excluding hydrogens is 224 g/mol. The van der Waals surface area contributed by atoms with Crippen LogP contribution in [0.2, 0.25) is 0 Å². The van der Waals surface area contributed by atoms with Crippen LogP contribution in [0.25, 0.3) is 0 Å². The average molecular weight is 248 g/mol. The maximum absolute atomic E-state index is 11.8. The normalized spacial score (nSPS) is 24.4. The molecule has 0 bridgehead atoms. The summed E-state index contributed by atoms with van der Waals surface area (Å²) in [6, 6.07) is 0. The largest absolute Gasteiger partial charge is 0.303 e. The summed E-state index contributed by atoms with van der Waals surface area (Å²) in [5, 5.41) is 0. The Labute approximate surface area is 110 Å². The second-order valence-electron chi connectivity index (χ2n) is 4.92. The molecule has 0 saturated heterocycles. The van der Waals surface area contributed by atoms with Crippen LogP contribution in [0.5, 0.6) is 0 Å². The molecule has 2 heteroatoms. The first-order valence-corrected chi connectivity index (χ1v) is 7.07. The van der Waals surface area contributed by atoms with Crippen molar-refractivity contribution in [2.24, 2.45) is 11.8 Å². The van der Waals surface area contributed by atoms with E-state index >= 15 is 0 Å². The Morgan fingerprint density at radius 1 is 1.22 bits per heavy atom. The van der Waals surface area contributed by atoms with E-state index in [1.54, 1.807) is 0 Å². The number of allylic oxidation sites excluding steroid dienone is 4. The lowest BCUT2D eigenvalue weighted by molar-refractivity contribution is -0.120. The highest BCUT2D eigenvalue weighted by molar-refractivity contribution is 5.83. The molecule has 100 valence electrons. The number of hydrogen-bond acceptors (Lipinski definition) is 2. The lowest BCUT2D eigenvalue weighted by atomic mass is 9.91. The highest BCUT2D eigenvalue weighted by Crippen LogP contribution is 2.32. The Bertz CT molecular complexity index is 315. The molecule has 0 spiro atoms. The van der Waals surface area contributed by atoms with Gasteiger partial charge < -0.3 is 4.79 Å². The summed E-state index contributed by atoms with van der Waals surface area (Å²) in [5.74, 6) is 1.05. The maximum atomic E-state index is 11.8. The van der Waals surface area contributed by atoms with Crippen LogP contribution in [0.1, 0.15) is 51.9 Å². The maximum Gasteiger partial charge on any atom is 0.136 e. The summed E-state index contributed by atoms with van der Waals surface area (Å²) in [4.78, 5) is 22.0. The molecule has 1 aliphatic carbocycles. The first-order chi connectivity index (χ1) is 8.79. The van der Waals surface area contributed by atoms with E-state index in [-0.39, 0.29) is 5.92 Å². The van der Waals surface area contributed by atoms with Crippen LogP contribution in [0.3, 0.4) is 0 Å². The number of carbonyl (C=O) groups excluding carboxylic acids is 2. The number of aldehydes is 1. The Kier molecular flexibility index (Phi) is 7.31. The van der Waals surface area contributed by atoms with Crippen molar-refractivity contribution in [2.75, 3.05) is 0 Å². The number of hydrogen-bond donors (Lipinski definition) is 0. The summed E-state index contributed by atoms with van der Waals surface area (Å²) >= 11 is 0. The smallest absolute Gasteiger partial charge is 0.136 e. The van der Waals surface area contributed by atoms with Gasteiger partial charge in [-0.05, 0) is 38.0 Å². The van der Waals surface area contributed by atoms with Crippen molar-refractivity contribution >= 4 is 12.1 Å². The highest BCUT2D eigenvalue weighted by atomic mass is 16.1. The number of ketones is 1. The second kappa shape index (κ2) is 8.84. The van der Waals surface area contributed by atoms with Crippen LogP contribution in [-0.4, -0.2) is 12.1 Å². The van der Waals surface area contributed by atoms with Gasteiger partial charge in [0, 0.05) is 18.8 Å². The van der Waals surface area contributed by atoms with Crippen molar-refractivity contribution in [3.05, 3.63) is 24.3 Å². The van der Waals surface area contributed by atoms with Crippen molar-refractivity contribution in [2.45, 2.75) is 51.9 Å². The van der Waals surface area contributed by atoms with E-state index in [2.05, 4.69) is 31.2 Å². The molecular formula is C16H24O2. The number of unbranched alkanes of at least 4 members (excludes halogenated alkanes) is 2. The first kappa shape index (κ1) is 14.9. The van der Waals surface area contributed by atoms with Crippen LogP contribution in [0.4, 0.5) is 0 Å². The molecule has 2 nitrogen and oxygen atoms in total. The molecule has 1 unspecified atom stereocenters. The van der Waals surface area contributed by atoms with Crippen LogP contribution >= 0.6 is 0 Å². The van der Waals surface area contributed by atoms with Gasteiger partial charge in [0.1, 0.15) is 12.1 Å². The molecule has 0 amide bonds. The molecule has 0 aromatic heterocycles. The predicted octanol–water partition coefficient (Wildman–Crippen LogP) is 3.86. The van der Waals surface area contributed by atoms with Gasteiger partial charge in [-0.1, -0.05) is 31.2 Å². The van der Waals surface area contributed by atoms with Crippen LogP contribution in [0.15, 0.2) is 24.3 Å². The first-order valence-electron chi connectivity index (χ1n) is 7.07. The fourth-order valence-corrected chi connectivity index (χ4v) is 2.46. The monoisotopic (exact) mass is 248 g/mol. The molecule has 0 N–H and O–H groups in total. The predicted molar refractivity (Wildman–Crippen MR) is 74.3 cm³/mol. The molecule has 1 saturated carbocycles. The van der Waals surface area contributed by atoms with E-state index in [0.717, 1.165) is 44.8 Å². The summed E-state index contributed by atoms with van der Waals surface area (Å²) in [6.07, 6.45) is 15.7. The topological polar surface area (TPSA) is 34.1 Å². The van der Waals surface area contributed by atoms with Gasteiger partial charge in [0.2, 0.25) is 0 Å². The van der Waals surface area contributed by atoms with Crippen molar-refractivity contribution in [1.29, 1.82) is 0 Å². The third-order valence-corrected chi connectivity index (χ3v) is 3.52. The van der Waals surface area contributed by atoms with E-state index in [1.165, 1.54) is 0 Å². The van der Waals surface area contributed by atoms with Gasteiger partial charge in [-0.25, -0.2) is 0 Å². The molecule has 0 aromatic carbocycles. The fraction of sp³-hybridized carbons (Fsp3) is 0.625. The van der Waals surface area contributed by atoms with E-state index < -0.39 is 0 Å². The van der Waals surface area contributed by atoms with Gasteiger partial charge in [-0.3, -0.25) is 4.79 Å². The highest BCUT2D eigenvalue weighted by Gasteiger charge is 2.31. The van der Waals surface area contributed by atoms with E-state index in [0.29, 0.717) is 18.1 Å². The summed E-state index contributed by atoms with van der Waals surface area (Å²) < 4.78 is 0. The molecule has 1 aliphatic rings. The van der Waals surface area contributed by atoms with Gasteiger partial charge in [-0.2, -0.15) is 0 Å². The third-order valence-electron chi connectivity index (χ3n) is 3.52. The lowest BCUT2D eigenvalue weighted by Crippen LogP contribution is -2.12. The molecule has 0 radical (unpaired) electrons. The van der Waals surface area contributed by atoms with Gasteiger partial charge in [-0.15, -0.1) is 0 Å². The number of Topliss-reactive ketones (excluding diaryl/α,β-unsaturated/α-hetero) is 1. The Morgan fingerprint density at radius 2 is 2.06 bits per heavy atom. The van der Waals surface area contributed by atoms with E-state index in [1.807, 2.05) is 0 Å². The molecule has 0 aromatic rings. The molecule has 0 heterocycles. The number of carbonyl (C=O) groups is 2. The Hall–Kier alpha value is -1.18. The SMILES string of the molecule is CC/C=C/C1CCC(=O)[C@@H]1C/C=C\CCCC=O. The lowest BCUT2D eigenvalue weighted by Gasteiger charge is -2.12. The minimum absolute atomic E-state index is 0.190. The van der Waals surface area contributed by atoms with Crippen molar-refractivity contribution in [1.82, 2.24) is 0 Å². The van der Waals surface area contributed by atoms with Crippen molar-refractivity contribution < 1.29 is 9.59 Å². The summed E-state index contributed by atoms with van der Waals surface area (Å²) in [5.41, 5.74) is 0. The van der Waals surface area contributed by atoms with E-state index in [9.17, 15) is 9.59 Å². The van der Waals surface area contributed by atoms with Crippen molar-refractivity contribution in [3.63, 3.8) is 0 Å². The van der Waals surface area contributed by atoms with Gasteiger partial charge in [0.25, 0.3) is 0 Å². The van der Waals surface area contributed by atoms with Gasteiger partial charge in [0.15, 0.2) is 0 Å². The van der Waals surface area contributed by atoms with Crippen LogP contribution < -0.4 is 0 Å². The minimum atomic E-state index is 0.190. The van der Waals surface area contributed by atoms with Crippen LogP contribution in [0, 0.1) is 11.8 Å². The molecule has 1 fully saturated rings. The molecule has 0 aliphatic heterocycles. The van der Waals surface area contributed by atoms with Crippen LogP contribution in [-0.2, 0) is 9.59 Å². The fourth-order valence-electron chi connectivity index (χ4n) is 2.46. The van der Waals surface area contributed by atoms with Crippen molar-refractivity contribution in [3.8, 4) is 0 Å². The minimum Gasteiger partial charge on any atom is -0.303 e. The third kappa shape index (κ3) is 4.99. The zero-order valence-corrected chi connectivity index (χ0v) is 11.3. The standard InChI is InChI=1S/C16H24O2/c1-2-3-9-14-11-12-16(18)15(14)10-7-5-4-6-8-13-17/h3,5,7,9,13-15H,2,4,6,8,10-12H2,1H3/b7-5-,9-3+/t14?,15-/m1/s1. The molecule has 1 rings (SSSR count). The Balaban J connectivity index is 2.35. The average Bonchev–Trinajstić information content (AvgIpc) is 2.72. The molecule has 2 atom stereocenters. The zero-order chi connectivity index (χ0) is 13.2. The summed E-state index contributed by atoms with van der Waals surface area (Å²) in [7, 11) is 0. The van der Waals surface area contributed by atoms with Gasteiger partial charge in [0.05, 0.1) is 0 Å². The van der Waals surface area contributed by atoms with E-state index in [4.69, 9.17) is 0 Å². The molecule has 18 heavy (non-hydrogen) atoms. The summed E-state index contributed by atoms with van der Waals surface area (Å²) in [6.45, 7) is 2.12. The van der Waals surface area contributed by atoms with Gasteiger partial charge >= 0.3 is 0 Å². The zero-order valence-electron chi connectivity index (χ0n) is 11.3. The number of rotatable bonds is 8. The quantitative estimate of drug-likeness (QED) is 0.371.